The molecule has 0 unspecified atom stereocenters. The number of aliphatic imine (C=N–C) groups is 1. The van der Waals surface area contributed by atoms with Gasteiger partial charge in [-0.25, -0.2) is 0 Å². The molecule has 1 fully saturated rings. The molecule has 0 atom stereocenters. The molecule has 0 saturated heterocycles. The highest BCUT2D eigenvalue weighted by atomic mass is 16.5. The van der Waals surface area contributed by atoms with E-state index in [1.807, 2.05) is 13.1 Å². The first kappa shape index (κ1) is 18.0. The molecular weight excluding hydrogens is 266 g/mol. The molecule has 0 spiro atoms. The van der Waals surface area contributed by atoms with Gasteiger partial charge in [0, 0.05) is 30.4 Å². The molecule has 0 aromatic heterocycles. The van der Waals surface area contributed by atoms with E-state index >= 15 is 0 Å². The lowest BCUT2D eigenvalue weighted by Gasteiger charge is -2.24. The minimum absolute atomic E-state index is 0.0592. The molecule has 5 heteroatoms. The zero-order valence-electron chi connectivity index (χ0n) is 13.9. The zero-order valence-corrected chi connectivity index (χ0v) is 13.9. The molecular formula is C16H31N3O2. The fraction of sp³-hybridized carbons (Fsp3) is 0.812. The maximum atomic E-state index is 5.96. The summed E-state index contributed by atoms with van der Waals surface area (Å²) in [5.41, 5.74) is 12.7. The number of rotatable bonds is 7. The Hall–Kier alpha value is -1.07. The molecule has 1 rings (SSSR count). The quantitative estimate of drug-likeness (QED) is 0.557. The molecule has 0 aliphatic heterocycles. The first-order valence-electron chi connectivity index (χ1n) is 7.71. The van der Waals surface area contributed by atoms with Crippen LogP contribution < -0.4 is 11.5 Å². The van der Waals surface area contributed by atoms with Gasteiger partial charge in [-0.3, -0.25) is 4.99 Å². The Morgan fingerprint density at radius 3 is 2.43 bits per heavy atom. The van der Waals surface area contributed by atoms with Crippen molar-refractivity contribution in [1.82, 2.24) is 0 Å². The van der Waals surface area contributed by atoms with Crippen LogP contribution in [0.5, 0.6) is 0 Å². The summed E-state index contributed by atoms with van der Waals surface area (Å²) in [6.45, 7) is 7.25. The second-order valence-electron chi connectivity index (χ2n) is 6.78. The normalized spacial score (nSPS) is 25.0. The number of nitrogens with zero attached hydrogens (tertiary/aromatic N) is 1. The van der Waals surface area contributed by atoms with Crippen LogP contribution in [0.15, 0.2) is 16.4 Å². The number of methoxy groups -OCH3 is 1. The minimum atomic E-state index is -0.0592. The van der Waals surface area contributed by atoms with Gasteiger partial charge in [-0.15, -0.1) is 0 Å². The molecule has 1 aliphatic rings. The Balaban J connectivity index is 2.45. The van der Waals surface area contributed by atoms with Crippen LogP contribution in [0.2, 0.25) is 0 Å². The van der Waals surface area contributed by atoms with Gasteiger partial charge in [0.15, 0.2) is 5.88 Å². The third kappa shape index (κ3) is 6.96. The Labute approximate surface area is 128 Å². The first-order chi connectivity index (χ1) is 9.84. The molecule has 1 saturated carbocycles. The van der Waals surface area contributed by atoms with E-state index in [9.17, 15) is 0 Å². The molecule has 0 aromatic rings. The Morgan fingerprint density at radius 1 is 1.24 bits per heavy atom. The van der Waals surface area contributed by atoms with Crippen molar-refractivity contribution in [3.63, 3.8) is 0 Å². The fourth-order valence-electron chi connectivity index (χ4n) is 2.35. The zero-order chi connectivity index (χ0) is 15.9. The van der Waals surface area contributed by atoms with E-state index < -0.39 is 0 Å². The average Bonchev–Trinajstić information content (AvgIpc) is 2.44. The van der Waals surface area contributed by atoms with Crippen LogP contribution in [0.4, 0.5) is 0 Å². The van der Waals surface area contributed by atoms with E-state index in [0.29, 0.717) is 31.2 Å². The predicted octanol–water partition coefficient (Wildman–Crippen LogP) is 2.21. The highest BCUT2D eigenvalue weighted by Crippen LogP contribution is 2.20. The lowest BCUT2D eigenvalue weighted by atomic mass is 9.92. The van der Waals surface area contributed by atoms with E-state index in [0.717, 1.165) is 31.3 Å². The Morgan fingerprint density at radius 2 is 1.86 bits per heavy atom. The summed E-state index contributed by atoms with van der Waals surface area (Å²) in [6.07, 6.45) is 6.07. The smallest absolute Gasteiger partial charge is 0.188 e. The third-order valence-electron chi connectivity index (χ3n) is 3.76. The van der Waals surface area contributed by atoms with Gasteiger partial charge in [0.05, 0.1) is 19.3 Å². The molecule has 1 aliphatic carbocycles. The van der Waals surface area contributed by atoms with Crippen LogP contribution in [0, 0.1) is 5.41 Å². The van der Waals surface area contributed by atoms with Gasteiger partial charge in [0.1, 0.15) is 0 Å². The summed E-state index contributed by atoms with van der Waals surface area (Å²) < 4.78 is 10.8. The molecule has 4 N–H and O–H groups in total. The molecule has 5 nitrogen and oxygen atoms in total. The predicted molar refractivity (Wildman–Crippen MR) is 87.2 cm³/mol. The van der Waals surface area contributed by atoms with E-state index in [1.165, 1.54) is 0 Å². The highest BCUT2D eigenvalue weighted by Gasteiger charge is 2.19. The molecule has 0 aromatic carbocycles. The van der Waals surface area contributed by atoms with Gasteiger partial charge in [-0.1, -0.05) is 13.8 Å². The standard InChI is InChI=1S/C16H31N3O2/c1-12(9-19-14-7-5-13(17)6-8-14)15(18)21-11-16(2,3)10-20-4/h9,13-14H,5-8,10-11,17-18H2,1-4H3. The van der Waals surface area contributed by atoms with Crippen LogP contribution in [0.3, 0.4) is 0 Å². The van der Waals surface area contributed by atoms with Crippen molar-refractivity contribution in [3.05, 3.63) is 11.5 Å². The van der Waals surface area contributed by atoms with Crippen molar-refractivity contribution in [1.29, 1.82) is 0 Å². The minimum Gasteiger partial charge on any atom is -0.478 e. The maximum absolute atomic E-state index is 5.96. The summed E-state index contributed by atoms with van der Waals surface area (Å²) in [5, 5.41) is 0. The number of hydrogen-bond donors (Lipinski definition) is 2. The number of ether oxygens (including phenoxy) is 2. The van der Waals surface area contributed by atoms with Crippen molar-refractivity contribution in [2.75, 3.05) is 20.3 Å². The van der Waals surface area contributed by atoms with Gasteiger partial charge in [-0.2, -0.15) is 0 Å². The molecule has 0 heterocycles. The van der Waals surface area contributed by atoms with Crippen molar-refractivity contribution >= 4 is 6.21 Å². The fourth-order valence-corrected chi connectivity index (χ4v) is 2.35. The Bertz CT molecular complexity index is 370. The summed E-state index contributed by atoms with van der Waals surface area (Å²) >= 11 is 0. The van der Waals surface area contributed by atoms with Crippen molar-refractivity contribution < 1.29 is 9.47 Å². The maximum Gasteiger partial charge on any atom is 0.188 e. The van der Waals surface area contributed by atoms with Gasteiger partial charge in [0.2, 0.25) is 0 Å². The average molecular weight is 297 g/mol. The molecule has 0 radical (unpaired) electrons. The summed E-state index contributed by atoms with van der Waals surface area (Å²) in [7, 11) is 1.69. The van der Waals surface area contributed by atoms with Gasteiger partial charge < -0.3 is 20.9 Å². The number of hydrogen-bond acceptors (Lipinski definition) is 5. The van der Waals surface area contributed by atoms with Crippen molar-refractivity contribution in [3.8, 4) is 0 Å². The number of nitrogens with two attached hydrogens (primary N) is 2. The second-order valence-corrected chi connectivity index (χ2v) is 6.78. The van der Waals surface area contributed by atoms with Crippen LogP contribution in [-0.4, -0.2) is 38.6 Å². The lowest BCUT2D eigenvalue weighted by Crippen LogP contribution is -2.28. The topological polar surface area (TPSA) is 82.9 Å². The van der Waals surface area contributed by atoms with Gasteiger partial charge in [-0.05, 0) is 32.6 Å². The summed E-state index contributed by atoms with van der Waals surface area (Å²) in [4.78, 5) is 4.60. The lowest BCUT2D eigenvalue weighted by molar-refractivity contribution is 0.0382. The van der Waals surface area contributed by atoms with E-state index in [4.69, 9.17) is 20.9 Å². The Kier molecular flexibility index (Phi) is 7.18. The van der Waals surface area contributed by atoms with Crippen molar-refractivity contribution in [2.45, 2.75) is 58.5 Å². The van der Waals surface area contributed by atoms with Crippen molar-refractivity contribution in [2.24, 2.45) is 21.9 Å². The largest absolute Gasteiger partial charge is 0.478 e. The molecule has 0 bridgehead atoms. The third-order valence-corrected chi connectivity index (χ3v) is 3.76. The van der Waals surface area contributed by atoms with Crippen LogP contribution in [0.1, 0.15) is 46.5 Å². The van der Waals surface area contributed by atoms with Gasteiger partial charge >= 0.3 is 0 Å². The summed E-state index contributed by atoms with van der Waals surface area (Å²) in [6, 6.07) is 0.724. The molecule has 21 heavy (non-hydrogen) atoms. The monoisotopic (exact) mass is 297 g/mol. The van der Waals surface area contributed by atoms with Gasteiger partial charge in [0.25, 0.3) is 0 Å². The first-order valence-corrected chi connectivity index (χ1v) is 7.71. The van der Waals surface area contributed by atoms with Crippen LogP contribution >= 0.6 is 0 Å². The highest BCUT2D eigenvalue weighted by molar-refractivity contribution is 5.78. The van der Waals surface area contributed by atoms with Crippen LogP contribution in [0.25, 0.3) is 0 Å². The molecule has 0 amide bonds. The molecule has 122 valence electrons. The van der Waals surface area contributed by atoms with E-state index in [2.05, 4.69) is 18.8 Å². The van der Waals surface area contributed by atoms with E-state index in [1.54, 1.807) is 7.11 Å². The SMILES string of the molecule is COCC(C)(C)COC(N)=C(C)C=NC1CCC(N)CC1. The second kappa shape index (κ2) is 8.39. The van der Waals surface area contributed by atoms with E-state index in [-0.39, 0.29) is 5.41 Å². The number of allylic oxidation sites excluding steroid dienone is 1. The summed E-state index contributed by atoms with van der Waals surface area (Å²) in [5.74, 6) is 0.440. The van der Waals surface area contributed by atoms with Crippen LogP contribution in [-0.2, 0) is 9.47 Å².